The minimum atomic E-state index is -0.0567. The Morgan fingerprint density at radius 3 is 2.58 bits per heavy atom. The first-order valence-electron chi connectivity index (χ1n) is 10.7. The zero-order valence-corrected chi connectivity index (χ0v) is 19.4. The molecule has 1 aromatic carbocycles. The average molecular weight is 446 g/mol. The van der Waals surface area contributed by atoms with Crippen molar-refractivity contribution in [1.29, 1.82) is 0 Å². The van der Waals surface area contributed by atoms with Crippen LogP contribution in [0.25, 0.3) is 0 Å². The van der Waals surface area contributed by atoms with Gasteiger partial charge in [-0.15, -0.1) is 11.3 Å². The summed E-state index contributed by atoms with van der Waals surface area (Å²) in [5.74, 6) is 1.48. The van der Waals surface area contributed by atoms with Crippen LogP contribution in [0.5, 0.6) is 11.5 Å². The topological polar surface area (TPSA) is 80.8 Å². The van der Waals surface area contributed by atoms with Gasteiger partial charge in [-0.1, -0.05) is 13.8 Å². The van der Waals surface area contributed by atoms with Crippen LogP contribution in [0, 0.1) is 11.8 Å². The minimum Gasteiger partial charge on any atom is -0.493 e. The summed E-state index contributed by atoms with van der Waals surface area (Å²) in [6.07, 6.45) is 1.35. The van der Waals surface area contributed by atoms with E-state index in [1.54, 1.807) is 35.7 Å². The van der Waals surface area contributed by atoms with Gasteiger partial charge in [-0.3, -0.25) is 9.59 Å². The van der Waals surface area contributed by atoms with Gasteiger partial charge in [-0.2, -0.15) is 0 Å². The quantitative estimate of drug-likeness (QED) is 0.669. The molecule has 31 heavy (non-hydrogen) atoms. The number of nitrogens with one attached hydrogen (secondary N) is 1. The molecule has 7 nitrogen and oxygen atoms in total. The van der Waals surface area contributed by atoms with Crippen LogP contribution in [0.15, 0.2) is 29.1 Å². The number of ether oxygens (including phenoxy) is 2. The lowest BCUT2D eigenvalue weighted by atomic mass is 9.94. The number of methoxy groups -OCH3 is 1. The summed E-state index contributed by atoms with van der Waals surface area (Å²) in [6, 6.07) is 5.37. The number of rotatable bonds is 8. The number of aromatic nitrogens is 1. The first-order valence-corrected chi connectivity index (χ1v) is 11.6. The number of carbonyl (C=O) groups is 2. The van der Waals surface area contributed by atoms with Gasteiger partial charge in [0, 0.05) is 36.0 Å². The molecule has 1 aliphatic rings. The predicted molar refractivity (Wildman–Crippen MR) is 121 cm³/mol. The zero-order valence-electron chi connectivity index (χ0n) is 18.6. The highest BCUT2D eigenvalue weighted by molar-refractivity contribution is 7.07. The fourth-order valence-electron chi connectivity index (χ4n) is 3.42. The second-order valence-corrected chi connectivity index (χ2v) is 8.96. The van der Waals surface area contributed by atoms with E-state index in [0.29, 0.717) is 55.5 Å². The molecular formula is C23H31N3O4S. The Labute approximate surface area is 187 Å². The van der Waals surface area contributed by atoms with Crippen molar-refractivity contribution in [2.75, 3.05) is 20.2 Å². The van der Waals surface area contributed by atoms with Crippen molar-refractivity contribution in [3.05, 3.63) is 40.3 Å². The molecule has 1 aliphatic heterocycles. The number of likely N-dealkylation sites (tertiary alicyclic amines) is 1. The highest BCUT2D eigenvalue weighted by Crippen LogP contribution is 2.30. The van der Waals surface area contributed by atoms with Crippen LogP contribution < -0.4 is 14.8 Å². The largest absolute Gasteiger partial charge is 0.493 e. The van der Waals surface area contributed by atoms with E-state index in [1.165, 1.54) is 11.3 Å². The molecule has 0 radical (unpaired) electrons. The van der Waals surface area contributed by atoms with Crippen LogP contribution >= 0.6 is 11.3 Å². The van der Waals surface area contributed by atoms with Gasteiger partial charge in [0.05, 0.1) is 18.3 Å². The molecule has 1 fully saturated rings. The van der Waals surface area contributed by atoms with Crippen molar-refractivity contribution in [2.24, 2.45) is 11.8 Å². The number of thiazole rings is 1. The lowest BCUT2D eigenvalue weighted by Gasteiger charge is -2.32. The molecule has 0 bridgehead atoms. The summed E-state index contributed by atoms with van der Waals surface area (Å²) in [6.45, 7) is 7.69. The Hall–Kier alpha value is -2.61. The second-order valence-electron chi connectivity index (χ2n) is 8.24. The summed E-state index contributed by atoms with van der Waals surface area (Å²) in [5.41, 5.74) is 3.16. The van der Waals surface area contributed by atoms with E-state index in [1.807, 2.05) is 12.3 Å². The third-order valence-electron chi connectivity index (χ3n) is 5.79. The van der Waals surface area contributed by atoms with Gasteiger partial charge in [-0.05, 0) is 43.9 Å². The summed E-state index contributed by atoms with van der Waals surface area (Å²) in [7, 11) is 1.56. The Balaban J connectivity index is 1.57. The molecule has 0 spiro atoms. The van der Waals surface area contributed by atoms with Gasteiger partial charge in [0.15, 0.2) is 11.5 Å². The molecule has 1 saturated heterocycles. The van der Waals surface area contributed by atoms with E-state index < -0.39 is 0 Å². The third-order valence-corrected chi connectivity index (χ3v) is 6.43. The molecule has 1 aromatic heterocycles. The first kappa shape index (κ1) is 23.1. The monoisotopic (exact) mass is 445 g/mol. The van der Waals surface area contributed by atoms with Gasteiger partial charge < -0.3 is 19.7 Å². The molecule has 3 rings (SSSR count). The fourth-order valence-corrected chi connectivity index (χ4v) is 3.96. The van der Waals surface area contributed by atoms with Crippen molar-refractivity contribution in [3.63, 3.8) is 0 Å². The number of nitrogens with zero attached hydrogens (tertiary/aromatic N) is 2. The van der Waals surface area contributed by atoms with E-state index in [-0.39, 0.29) is 23.8 Å². The smallest absolute Gasteiger partial charge is 0.253 e. The maximum atomic E-state index is 13.0. The van der Waals surface area contributed by atoms with Crippen molar-refractivity contribution >= 4 is 23.2 Å². The second kappa shape index (κ2) is 10.6. The van der Waals surface area contributed by atoms with Gasteiger partial charge in [0.1, 0.15) is 6.61 Å². The molecule has 8 heteroatoms. The van der Waals surface area contributed by atoms with Crippen molar-refractivity contribution in [1.82, 2.24) is 15.2 Å². The SMILES string of the molecule is COc1cc(C(=O)N2CCC(C(=O)NC(C)C(C)C)CC2)ccc1OCc1cscn1. The summed E-state index contributed by atoms with van der Waals surface area (Å²) in [4.78, 5) is 31.5. The van der Waals surface area contributed by atoms with Crippen molar-refractivity contribution < 1.29 is 19.1 Å². The molecule has 0 saturated carbocycles. The average Bonchev–Trinajstić information content (AvgIpc) is 3.30. The summed E-state index contributed by atoms with van der Waals surface area (Å²) in [5, 5.41) is 5.02. The molecule has 168 valence electrons. The number of hydrogen-bond donors (Lipinski definition) is 1. The van der Waals surface area contributed by atoms with E-state index in [9.17, 15) is 9.59 Å². The predicted octanol–water partition coefficient (Wildman–Crippen LogP) is 3.74. The van der Waals surface area contributed by atoms with E-state index in [4.69, 9.17) is 9.47 Å². The van der Waals surface area contributed by atoms with Crippen LogP contribution in [0.2, 0.25) is 0 Å². The fraction of sp³-hybridized carbons (Fsp3) is 0.522. The van der Waals surface area contributed by atoms with Crippen LogP contribution in [0.4, 0.5) is 0 Å². The third kappa shape index (κ3) is 5.97. The van der Waals surface area contributed by atoms with Crippen LogP contribution in [-0.2, 0) is 11.4 Å². The number of carbonyl (C=O) groups excluding carboxylic acids is 2. The van der Waals surface area contributed by atoms with Crippen molar-refractivity contribution in [3.8, 4) is 11.5 Å². The molecule has 0 aliphatic carbocycles. The summed E-state index contributed by atoms with van der Waals surface area (Å²) >= 11 is 1.51. The van der Waals surface area contributed by atoms with Gasteiger partial charge in [0.25, 0.3) is 5.91 Å². The van der Waals surface area contributed by atoms with E-state index in [0.717, 1.165) is 5.69 Å². The molecule has 1 atom stereocenters. The van der Waals surface area contributed by atoms with E-state index in [2.05, 4.69) is 24.1 Å². The number of hydrogen-bond acceptors (Lipinski definition) is 6. The highest BCUT2D eigenvalue weighted by Gasteiger charge is 2.29. The number of benzene rings is 1. The maximum Gasteiger partial charge on any atom is 0.253 e. The Bertz CT molecular complexity index is 877. The van der Waals surface area contributed by atoms with Gasteiger partial charge in [-0.25, -0.2) is 4.98 Å². The Kier molecular flexibility index (Phi) is 7.90. The minimum absolute atomic E-state index is 0.0405. The molecule has 1 N–H and O–H groups in total. The van der Waals surface area contributed by atoms with Crippen LogP contribution in [0.1, 0.15) is 49.7 Å². The lowest BCUT2D eigenvalue weighted by Crippen LogP contribution is -2.45. The maximum absolute atomic E-state index is 13.0. The standard InChI is InChI=1S/C23H31N3O4S/c1-15(2)16(3)25-22(27)17-7-9-26(10-8-17)23(28)18-5-6-20(21(11-18)29-4)30-12-19-13-31-14-24-19/h5-6,11,13-17H,7-10,12H2,1-4H3,(H,25,27). The van der Waals surface area contributed by atoms with Crippen molar-refractivity contribution in [2.45, 2.75) is 46.3 Å². The normalized spacial score (nSPS) is 15.6. The van der Waals surface area contributed by atoms with Gasteiger partial charge >= 0.3 is 0 Å². The molecular weight excluding hydrogens is 414 g/mol. The first-order chi connectivity index (χ1) is 14.9. The number of piperidine rings is 1. The van der Waals surface area contributed by atoms with E-state index >= 15 is 0 Å². The molecule has 2 aromatic rings. The Morgan fingerprint density at radius 1 is 1.23 bits per heavy atom. The highest BCUT2D eigenvalue weighted by atomic mass is 32.1. The lowest BCUT2D eigenvalue weighted by molar-refractivity contribution is -0.127. The molecule has 2 amide bonds. The van der Waals surface area contributed by atoms with Gasteiger partial charge in [0.2, 0.25) is 5.91 Å². The zero-order chi connectivity index (χ0) is 22.4. The Morgan fingerprint density at radius 2 is 1.97 bits per heavy atom. The van der Waals surface area contributed by atoms with Crippen LogP contribution in [-0.4, -0.2) is 47.9 Å². The number of amides is 2. The molecule has 2 heterocycles. The summed E-state index contributed by atoms with van der Waals surface area (Å²) < 4.78 is 11.2. The van der Waals surface area contributed by atoms with Crippen LogP contribution in [0.3, 0.4) is 0 Å². The molecule has 1 unspecified atom stereocenters.